The van der Waals surface area contributed by atoms with E-state index in [4.69, 9.17) is 10.5 Å². The summed E-state index contributed by atoms with van der Waals surface area (Å²) in [5.41, 5.74) is 5.92. The van der Waals surface area contributed by atoms with Crippen molar-refractivity contribution < 1.29 is 24.5 Å². The molecule has 1 amide bonds. The number of nitriles is 1. The highest BCUT2D eigenvalue weighted by Gasteiger charge is 2.38. The summed E-state index contributed by atoms with van der Waals surface area (Å²) >= 11 is 0. The van der Waals surface area contributed by atoms with Gasteiger partial charge in [-0.15, -0.1) is 0 Å². The Hall–Kier alpha value is -2.17. The molecule has 1 unspecified atom stereocenters. The second-order valence-corrected chi connectivity index (χ2v) is 11.1. The second kappa shape index (κ2) is 13.8. The fourth-order valence-corrected chi connectivity index (χ4v) is 6.01. The number of nitrogens with two attached hydrogens (primary N) is 1. The van der Waals surface area contributed by atoms with Gasteiger partial charge in [-0.1, -0.05) is 46.3 Å². The normalized spacial score (nSPS) is 40.9. The highest BCUT2D eigenvalue weighted by molar-refractivity contribution is 5.77. The topological polar surface area (TPSA) is 134 Å². The van der Waals surface area contributed by atoms with Crippen LogP contribution in [-0.2, 0) is 14.3 Å². The van der Waals surface area contributed by atoms with Crippen molar-refractivity contribution in [3.05, 3.63) is 23.8 Å². The molecule has 1 aliphatic carbocycles. The Kier molecular flexibility index (Phi) is 11.5. The largest absolute Gasteiger partial charge is 0.462 e. The molecule has 0 bridgehead atoms. The fraction of sp³-hybridized carbons (Fsp3) is 0.750. The molecule has 196 valence electrons. The summed E-state index contributed by atoms with van der Waals surface area (Å²) in [6, 6.07) is 2.12. The lowest BCUT2D eigenvalue weighted by molar-refractivity contribution is -0.156. The first kappa shape index (κ1) is 29.1. The van der Waals surface area contributed by atoms with Gasteiger partial charge in [-0.2, -0.15) is 5.26 Å². The number of aliphatic hydroxyl groups is 2. The minimum absolute atomic E-state index is 0.0667. The zero-order valence-electron chi connectivity index (χ0n) is 21.7. The van der Waals surface area contributed by atoms with Gasteiger partial charge in [0.15, 0.2) is 0 Å². The van der Waals surface area contributed by atoms with Gasteiger partial charge in [-0.3, -0.25) is 9.59 Å². The van der Waals surface area contributed by atoms with E-state index in [0.717, 1.165) is 32.1 Å². The molecule has 4 N–H and O–H groups in total. The van der Waals surface area contributed by atoms with Gasteiger partial charge < -0.3 is 20.7 Å². The number of esters is 1. The van der Waals surface area contributed by atoms with Crippen LogP contribution in [0.3, 0.4) is 0 Å². The van der Waals surface area contributed by atoms with Crippen molar-refractivity contribution in [3.8, 4) is 6.07 Å². The van der Waals surface area contributed by atoms with E-state index in [9.17, 15) is 25.1 Å². The van der Waals surface area contributed by atoms with Crippen LogP contribution < -0.4 is 5.73 Å². The molecule has 7 nitrogen and oxygen atoms in total. The van der Waals surface area contributed by atoms with Crippen LogP contribution in [0.15, 0.2) is 23.8 Å². The van der Waals surface area contributed by atoms with Crippen LogP contribution in [0.5, 0.6) is 0 Å². The zero-order valence-corrected chi connectivity index (χ0v) is 21.7. The average molecular weight is 489 g/mol. The van der Waals surface area contributed by atoms with Gasteiger partial charge >= 0.3 is 5.97 Å². The number of primary amides is 1. The molecule has 2 aliphatic rings. The summed E-state index contributed by atoms with van der Waals surface area (Å²) in [7, 11) is 0. The van der Waals surface area contributed by atoms with E-state index in [1.54, 1.807) is 18.2 Å². The maximum atomic E-state index is 12.8. The van der Waals surface area contributed by atoms with Crippen molar-refractivity contribution >= 4 is 11.9 Å². The van der Waals surface area contributed by atoms with Crippen molar-refractivity contribution in [1.29, 1.82) is 5.26 Å². The molecule has 0 radical (unpaired) electrons. The van der Waals surface area contributed by atoms with Gasteiger partial charge in [0, 0.05) is 18.3 Å². The lowest BCUT2D eigenvalue weighted by Crippen LogP contribution is -2.36. The first-order chi connectivity index (χ1) is 16.5. The minimum atomic E-state index is -0.857. The first-order valence-electron chi connectivity index (χ1n) is 13.1. The molecule has 1 heterocycles. The number of hydrogen-bond acceptors (Lipinski definition) is 6. The second-order valence-electron chi connectivity index (χ2n) is 11.1. The van der Waals surface area contributed by atoms with Crippen LogP contribution >= 0.6 is 0 Å². The van der Waals surface area contributed by atoms with Gasteiger partial charge in [0.1, 0.15) is 6.10 Å². The number of ether oxygens (including phenoxy) is 1. The van der Waals surface area contributed by atoms with Crippen molar-refractivity contribution in [2.75, 3.05) is 0 Å². The van der Waals surface area contributed by atoms with Crippen LogP contribution in [0, 0.1) is 46.8 Å². The smallest absolute Gasteiger partial charge is 0.308 e. The zero-order chi connectivity index (χ0) is 26.1. The van der Waals surface area contributed by atoms with E-state index < -0.39 is 24.3 Å². The minimum Gasteiger partial charge on any atom is -0.462 e. The number of carbonyl (C=O) groups excluding carboxylic acids is 2. The molecular weight excluding hydrogens is 444 g/mol. The van der Waals surface area contributed by atoms with Crippen molar-refractivity contribution in [2.24, 2.45) is 41.2 Å². The molecule has 0 aromatic carbocycles. The molecular formula is C28H44N2O5. The predicted octanol–water partition coefficient (Wildman–Crippen LogP) is 4.04. The van der Waals surface area contributed by atoms with Gasteiger partial charge in [0.05, 0.1) is 30.3 Å². The molecule has 9 atom stereocenters. The fourth-order valence-electron chi connectivity index (χ4n) is 6.01. The Morgan fingerprint density at radius 2 is 1.74 bits per heavy atom. The Balaban J connectivity index is 2.30. The molecule has 7 heteroatoms. The molecule has 0 saturated heterocycles. The van der Waals surface area contributed by atoms with Gasteiger partial charge in [0.25, 0.3) is 0 Å². The Morgan fingerprint density at radius 1 is 1.09 bits per heavy atom. The Bertz CT molecular complexity index is 817. The maximum absolute atomic E-state index is 12.8. The third kappa shape index (κ3) is 8.77. The monoisotopic (exact) mass is 488 g/mol. The standard InChI is InChI=1S/C28H44N2O5/c1-17-12-18(2)14-20(4)27(33)21(16-29)8-5-6-11-25(22-9-7-10-23(22)28(30)34)35-26(32)15-24(31)19(3)13-17/h5-6,8,17-20,22-25,27,31,33H,7,9-15H2,1-4H3,(H2,30,34)/b6-5+,21-8-/t17-,18+,19-,20-,22?,23+,24-,25-,27-/m1/s1. The van der Waals surface area contributed by atoms with E-state index in [0.29, 0.717) is 30.3 Å². The highest BCUT2D eigenvalue weighted by Crippen LogP contribution is 2.37. The van der Waals surface area contributed by atoms with Gasteiger partial charge in [-0.25, -0.2) is 0 Å². The number of aliphatic hydroxyl groups excluding tert-OH is 2. The summed E-state index contributed by atoms with van der Waals surface area (Å²) in [4.78, 5) is 24.8. The molecule has 0 aromatic heterocycles. The Labute approximate surface area is 210 Å². The average Bonchev–Trinajstić information content (AvgIpc) is 3.27. The van der Waals surface area contributed by atoms with Crippen LogP contribution in [0.2, 0.25) is 0 Å². The molecule has 0 aromatic rings. The number of amides is 1. The van der Waals surface area contributed by atoms with Crippen molar-refractivity contribution in [1.82, 2.24) is 0 Å². The van der Waals surface area contributed by atoms with Gasteiger partial charge in [0.2, 0.25) is 5.91 Å². The number of hydrogen-bond donors (Lipinski definition) is 3. The van der Waals surface area contributed by atoms with Crippen LogP contribution in [0.25, 0.3) is 0 Å². The highest BCUT2D eigenvalue weighted by atomic mass is 16.5. The van der Waals surface area contributed by atoms with Crippen LogP contribution in [-0.4, -0.2) is 40.4 Å². The number of nitrogens with zero attached hydrogens (tertiary/aromatic N) is 1. The summed E-state index contributed by atoms with van der Waals surface area (Å²) in [5.74, 6) is -0.824. The molecule has 0 spiro atoms. The number of carbonyl (C=O) groups is 2. The summed E-state index contributed by atoms with van der Waals surface area (Å²) in [6.45, 7) is 8.21. The molecule has 1 fully saturated rings. The van der Waals surface area contributed by atoms with E-state index in [1.165, 1.54) is 0 Å². The molecule has 1 aliphatic heterocycles. The van der Waals surface area contributed by atoms with E-state index >= 15 is 0 Å². The Morgan fingerprint density at radius 3 is 2.37 bits per heavy atom. The SMILES string of the molecule is C[C@@H]1C[C@H](C)C[C@@H](C)[C@@H](O)/C(C#N)=C\C=C\C[C@H](C2CCC[C@@H]2C(N)=O)OC(=O)C[C@@H](O)[C@H](C)C1. The molecule has 1 saturated carbocycles. The first-order valence-corrected chi connectivity index (χ1v) is 13.1. The summed E-state index contributed by atoms with van der Waals surface area (Å²) < 4.78 is 5.82. The van der Waals surface area contributed by atoms with Crippen molar-refractivity contribution in [2.45, 2.75) is 97.4 Å². The van der Waals surface area contributed by atoms with E-state index in [2.05, 4.69) is 19.9 Å². The molecule has 35 heavy (non-hydrogen) atoms. The number of cyclic esters (lactones) is 1. The van der Waals surface area contributed by atoms with Crippen LogP contribution in [0.1, 0.15) is 79.1 Å². The molecule has 2 rings (SSSR count). The lowest BCUT2D eigenvalue weighted by Gasteiger charge is -2.28. The number of rotatable bonds is 2. The maximum Gasteiger partial charge on any atom is 0.308 e. The van der Waals surface area contributed by atoms with Gasteiger partial charge in [-0.05, 0) is 61.9 Å². The summed E-state index contributed by atoms with van der Waals surface area (Å²) in [5, 5.41) is 31.1. The van der Waals surface area contributed by atoms with Crippen molar-refractivity contribution in [3.63, 3.8) is 0 Å². The number of allylic oxidation sites excluding steroid dienone is 2. The van der Waals surface area contributed by atoms with E-state index in [-0.39, 0.29) is 36.0 Å². The lowest BCUT2D eigenvalue weighted by atomic mass is 9.82. The quantitative estimate of drug-likeness (QED) is 0.502. The van der Waals surface area contributed by atoms with E-state index in [1.807, 2.05) is 13.8 Å². The third-order valence-corrected chi connectivity index (χ3v) is 7.85. The summed E-state index contributed by atoms with van der Waals surface area (Å²) in [6.07, 6.45) is 7.96. The third-order valence-electron chi connectivity index (χ3n) is 7.85. The van der Waals surface area contributed by atoms with Crippen LogP contribution in [0.4, 0.5) is 0 Å². The predicted molar refractivity (Wildman–Crippen MR) is 134 cm³/mol.